The summed E-state index contributed by atoms with van der Waals surface area (Å²) >= 11 is 5.95. The van der Waals surface area contributed by atoms with Gasteiger partial charge in [0.05, 0.1) is 21.8 Å². The van der Waals surface area contributed by atoms with Crippen molar-refractivity contribution in [1.82, 2.24) is 4.98 Å². The average molecular weight is 291 g/mol. The van der Waals surface area contributed by atoms with Gasteiger partial charge in [0.25, 0.3) is 5.91 Å². The lowest BCUT2D eigenvalue weighted by Gasteiger charge is -2.09. The molecule has 20 heavy (non-hydrogen) atoms. The highest BCUT2D eigenvalue weighted by Crippen LogP contribution is 2.24. The summed E-state index contributed by atoms with van der Waals surface area (Å²) in [5.74, 6) is -1.48. The van der Waals surface area contributed by atoms with Gasteiger partial charge in [0.1, 0.15) is 0 Å². The van der Waals surface area contributed by atoms with E-state index in [0.29, 0.717) is 11.3 Å². The summed E-state index contributed by atoms with van der Waals surface area (Å²) in [5, 5.41) is 11.8. The number of anilines is 1. The smallest absolute Gasteiger partial charge is 0.335 e. The lowest BCUT2D eigenvalue weighted by Crippen LogP contribution is -2.14. The zero-order valence-electron chi connectivity index (χ0n) is 10.6. The first kappa shape index (κ1) is 14.0. The van der Waals surface area contributed by atoms with Crippen molar-refractivity contribution in [2.75, 3.05) is 5.32 Å². The van der Waals surface area contributed by atoms with Crippen LogP contribution in [0.3, 0.4) is 0 Å². The first-order chi connectivity index (χ1) is 9.49. The topological polar surface area (TPSA) is 79.3 Å². The highest BCUT2D eigenvalue weighted by atomic mass is 35.5. The molecule has 102 valence electrons. The zero-order chi connectivity index (χ0) is 14.7. The van der Waals surface area contributed by atoms with Crippen LogP contribution in [-0.2, 0) is 0 Å². The van der Waals surface area contributed by atoms with E-state index in [4.69, 9.17) is 16.7 Å². The highest BCUT2D eigenvalue weighted by Gasteiger charge is 2.13. The summed E-state index contributed by atoms with van der Waals surface area (Å²) in [6.45, 7) is 1.71. The summed E-state index contributed by atoms with van der Waals surface area (Å²) in [7, 11) is 0. The Hall–Kier alpha value is -2.40. The van der Waals surface area contributed by atoms with Crippen molar-refractivity contribution >= 4 is 29.2 Å². The number of aryl methyl sites for hydroxylation is 1. The van der Waals surface area contributed by atoms with Crippen molar-refractivity contribution in [2.24, 2.45) is 0 Å². The minimum Gasteiger partial charge on any atom is -0.478 e. The second-order valence-electron chi connectivity index (χ2n) is 4.09. The summed E-state index contributed by atoms with van der Waals surface area (Å²) in [5.41, 5.74) is 1.28. The first-order valence-electron chi connectivity index (χ1n) is 5.75. The number of carbonyl (C=O) groups excluding carboxylic acids is 1. The molecule has 1 aromatic carbocycles. The number of rotatable bonds is 3. The Morgan fingerprint density at radius 2 is 2.05 bits per heavy atom. The van der Waals surface area contributed by atoms with Gasteiger partial charge in [-0.2, -0.15) is 0 Å². The Bertz CT molecular complexity index is 686. The van der Waals surface area contributed by atoms with Gasteiger partial charge in [-0.1, -0.05) is 11.6 Å². The minimum absolute atomic E-state index is 0.0487. The van der Waals surface area contributed by atoms with Crippen LogP contribution in [0.1, 0.15) is 26.4 Å². The maximum Gasteiger partial charge on any atom is 0.335 e. The number of carboxylic acid groups (broad SMARTS) is 1. The fourth-order valence-corrected chi connectivity index (χ4v) is 1.83. The van der Waals surface area contributed by atoms with Crippen LogP contribution >= 0.6 is 11.6 Å². The van der Waals surface area contributed by atoms with Crippen LogP contribution in [0.25, 0.3) is 0 Å². The number of aromatic nitrogens is 1. The number of carbonyl (C=O) groups is 2. The molecule has 0 saturated carbocycles. The molecule has 0 bridgehead atoms. The number of hydrogen-bond donors (Lipinski definition) is 2. The van der Waals surface area contributed by atoms with E-state index in [1.54, 1.807) is 25.3 Å². The molecule has 1 amide bonds. The zero-order valence-corrected chi connectivity index (χ0v) is 11.3. The molecule has 0 aliphatic rings. The normalized spacial score (nSPS) is 10.1. The standard InChI is InChI=1S/C14H11ClN2O3/c1-8-10(3-2-6-16-8)13(18)17-12-7-9(14(19)20)4-5-11(12)15/h2-7H,1H3,(H,17,18)(H,19,20). The third kappa shape index (κ3) is 2.95. The molecule has 0 spiro atoms. The molecule has 1 aromatic heterocycles. The van der Waals surface area contributed by atoms with Crippen LogP contribution in [0.15, 0.2) is 36.5 Å². The quantitative estimate of drug-likeness (QED) is 0.911. The Morgan fingerprint density at radius 3 is 2.70 bits per heavy atom. The summed E-state index contributed by atoms with van der Waals surface area (Å²) in [6, 6.07) is 7.39. The maximum atomic E-state index is 12.1. The highest BCUT2D eigenvalue weighted by molar-refractivity contribution is 6.34. The van der Waals surface area contributed by atoms with E-state index in [1.165, 1.54) is 18.2 Å². The SMILES string of the molecule is Cc1ncccc1C(=O)Nc1cc(C(=O)O)ccc1Cl. The van der Waals surface area contributed by atoms with Gasteiger partial charge in [0.2, 0.25) is 0 Å². The second-order valence-corrected chi connectivity index (χ2v) is 4.50. The average Bonchev–Trinajstić information content (AvgIpc) is 2.41. The molecule has 0 atom stereocenters. The van der Waals surface area contributed by atoms with Crippen molar-refractivity contribution in [3.05, 3.63) is 58.4 Å². The largest absolute Gasteiger partial charge is 0.478 e. The van der Waals surface area contributed by atoms with Gasteiger partial charge in [-0.05, 0) is 37.3 Å². The van der Waals surface area contributed by atoms with Gasteiger partial charge in [-0.15, -0.1) is 0 Å². The van der Waals surface area contributed by atoms with E-state index >= 15 is 0 Å². The predicted molar refractivity (Wildman–Crippen MR) is 75.3 cm³/mol. The number of aromatic carboxylic acids is 1. The van der Waals surface area contributed by atoms with Crippen LogP contribution in [0.4, 0.5) is 5.69 Å². The monoisotopic (exact) mass is 290 g/mol. The number of amides is 1. The van der Waals surface area contributed by atoms with Gasteiger partial charge in [-0.3, -0.25) is 9.78 Å². The lowest BCUT2D eigenvalue weighted by molar-refractivity contribution is 0.0696. The Kier molecular flexibility index (Phi) is 4.00. The van der Waals surface area contributed by atoms with Gasteiger partial charge >= 0.3 is 5.97 Å². The van der Waals surface area contributed by atoms with Crippen molar-refractivity contribution in [3.63, 3.8) is 0 Å². The third-order valence-corrected chi connectivity index (χ3v) is 3.04. The van der Waals surface area contributed by atoms with Crippen molar-refractivity contribution in [2.45, 2.75) is 6.92 Å². The van der Waals surface area contributed by atoms with Crippen molar-refractivity contribution in [1.29, 1.82) is 0 Å². The fourth-order valence-electron chi connectivity index (χ4n) is 1.67. The van der Waals surface area contributed by atoms with E-state index in [1.807, 2.05) is 0 Å². The Balaban J connectivity index is 2.30. The Morgan fingerprint density at radius 1 is 1.30 bits per heavy atom. The van der Waals surface area contributed by atoms with Gasteiger partial charge in [0, 0.05) is 11.9 Å². The molecule has 2 rings (SSSR count). The molecule has 0 saturated heterocycles. The molecular formula is C14H11ClN2O3. The number of benzene rings is 1. The number of halogens is 1. The predicted octanol–water partition coefficient (Wildman–Crippen LogP) is 2.99. The van der Waals surface area contributed by atoms with Crippen LogP contribution in [0.5, 0.6) is 0 Å². The summed E-state index contributed by atoms with van der Waals surface area (Å²) in [4.78, 5) is 27.0. The molecule has 0 fully saturated rings. The minimum atomic E-state index is -1.09. The van der Waals surface area contributed by atoms with Crippen LogP contribution < -0.4 is 5.32 Å². The molecule has 1 heterocycles. The molecule has 6 heteroatoms. The molecule has 0 aliphatic heterocycles. The number of pyridine rings is 1. The first-order valence-corrected chi connectivity index (χ1v) is 6.12. The van der Waals surface area contributed by atoms with E-state index in [-0.39, 0.29) is 22.2 Å². The van der Waals surface area contributed by atoms with Gasteiger partial charge < -0.3 is 10.4 Å². The lowest BCUT2D eigenvalue weighted by atomic mass is 10.1. The second kappa shape index (κ2) is 5.71. The van der Waals surface area contributed by atoms with Crippen LogP contribution in [0.2, 0.25) is 5.02 Å². The summed E-state index contributed by atoms with van der Waals surface area (Å²) in [6.07, 6.45) is 1.59. The Labute approximate surface area is 120 Å². The molecule has 0 radical (unpaired) electrons. The number of hydrogen-bond acceptors (Lipinski definition) is 3. The van der Waals surface area contributed by atoms with Gasteiger partial charge in [0.15, 0.2) is 0 Å². The van der Waals surface area contributed by atoms with E-state index < -0.39 is 5.97 Å². The molecule has 2 N–H and O–H groups in total. The maximum absolute atomic E-state index is 12.1. The molecule has 5 nitrogen and oxygen atoms in total. The van der Waals surface area contributed by atoms with E-state index in [2.05, 4.69) is 10.3 Å². The fraction of sp³-hybridized carbons (Fsp3) is 0.0714. The molecule has 0 unspecified atom stereocenters. The van der Waals surface area contributed by atoms with E-state index in [9.17, 15) is 9.59 Å². The molecule has 2 aromatic rings. The van der Waals surface area contributed by atoms with Crippen molar-refractivity contribution in [3.8, 4) is 0 Å². The molecule has 0 aliphatic carbocycles. The van der Waals surface area contributed by atoms with Crippen molar-refractivity contribution < 1.29 is 14.7 Å². The molecular weight excluding hydrogens is 280 g/mol. The van der Waals surface area contributed by atoms with Crippen LogP contribution in [0, 0.1) is 6.92 Å². The number of nitrogens with zero attached hydrogens (tertiary/aromatic N) is 1. The number of nitrogens with one attached hydrogen (secondary N) is 1. The number of carboxylic acids is 1. The van der Waals surface area contributed by atoms with E-state index in [0.717, 1.165) is 0 Å². The van der Waals surface area contributed by atoms with Crippen LogP contribution in [-0.4, -0.2) is 22.0 Å². The summed E-state index contributed by atoms with van der Waals surface area (Å²) < 4.78 is 0. The third-order valence-electron chi connectivity index (χ3n) is 2.71. The van der Waals surface area contributed by atoms with Gasteiger partial charge in [-0.25, -0.2) is 4.79 Å².